The van der Waals surface area contributed by atoms with Crippen LogP contribution in [0.3, 0.4) is 0 Å². The van der Waals surface area contributed by atoms with Crippen LogP contribution in [0, 0.1) is 11.3 Å². The second kappa shape index (κ2) is 9.34. The molecule has 1 heterocycles. The first-order chi connectivity index (χ1) is 15.8. The molecule has 0 radical (unpaired) electrons. The number of aromatic carboxylic acids is 1. The molecule has 1 fully saturated rings. The van der Waals surface area contributed by atoms with E-state index in [0.29, 0.717) is 12.1 Å². The Hall–Kier alpha value is -2.99. The number of nitrogens with one attached hydrogen (secondary N) is 1. The Kier molecular flexibility index (Phi) is 7.04. The molecule has 0 saturated carbocycles. The van der Waals surface area contributed by atoms with Crippen LogP contribution in [0.4, 0.5) is 13.2 Å². The Morgan fingerprint density at radius 3 is 2.29 bits per heavy atom. The van der Waals surface area contributed by atoms with Gasteiger partial charge in [0.15, 0.2) is 0 Å². The van der Waals surface area contributed by atoms with Gasteiger partial charge in [-0.25, -0.2) is 26.4 Å². The summed E-state index contributed by atoms with van der Waals surface area (Å²) in [7, 11) is -8.69. The highest BCUT2D eigenvalue weighted by atomic mass is 32.2. The molecule has 0 bridgehead atoms. The molecule has 3 rings (SSSR count). The van der Waals surface area contributed by atoms with Gasteiger partial charge in [0.1, 0.15) is 0 Å². The van der Waals surface area contributed by atoms with E-state index in [9.17, 15) is 34.8 Å². The number of hydrogen-bond acceptors (Lipinski definition) is 6. The first-order valence-electron chi connectivity index (χ1n) is 9.73. The van der Waals surface area contributed by atoms with Crippen LogP contribution in [-0.2, 0) is 26.2 Å². The van der Waals surface area contributed by atoms with Crippen LogP contribution in [0.2, 0.25) is 0 Å². The summed E-state index contributed by atoms with van der Waals surface area (Å²) in [5.41, 5.74) is -2.04. The van der Waals surface area contributed by atoms with Crippen molar-refractivity contribution >= 4 is 26.0 Å². The quantitative estimate of drug-likeness (QED) is 0.599. The number of halogens is 3. The summed E-state index contributed by atoms with van der Waals surface area (Å²) in [5, 5.41) is 17.9. The SMILES string of the molecule is N#Cc1ccc(S(=O)(=O)NC2CCN(S(=O)(=O)c3cccc(C(=O)O)c3)CC2)c(C(F)(F)F)c1. The van der Waals surface area contributed by atoms with Crippen molar-refractivity contribution in [1.82, 2.24) is 9.03 Å². The third kappa shape index (κ3) is 5.39. The van der Waals surface area contributed by atoms with E-state index in [-0.39, 0.29) is 42.0 Å². The van der Waals surface area contributed by atoms with E-state index < -0.39 is 48.7 Å². The maximum Gasteiger partial charge on any atom is 0.417 e. The molecule has 2 aromatic carbocycles. The smallest absolute Gasteiger partial charge is 0.417 e. The number of carbonyl (C=O) groups is 1. The minimum Gasteiger partial charge on any atom is -0.478 e. The third-order valence-corrected chi connectivity index (χ3v) is 8.67. The molecule has 0 aromatic heterocycles. The average Bonchev–Trinajstić information content (AvgIpc) is 2.78. The van der Waals surface area contributed by atoms with Gasteiger partial charge in [-0.1, -0.05) is 6.07 Å². The van der Waals surface area contributed by atoms with Crippen LogP contribution < -0.4 is 4.72 Å². The Morgan fingerprint density at radius 2 is 1.74 bits per heavy atom. The van der Waals surface area contributed by atoms with Crippen molar-refractivity contribution in [1.29, 1.82) is 5.26 Å². The number of sulfonamides is 2. The summed E-state index contributed by atoms with van der Waals surface area (Å²) < 4.78 is 94.4. The summed E-state index contributed by atoms with van der Waals surface area (Å²) >= 11 is 0. The lowest BCUT2D eigenvalue weighted by Crippen LogP contribution is -2.46. The number of alkyl halides is 3. The van der Waals surface area contributed by atoms with Crippen molar-refractivity contribution in [2.45, 2.75) is 34.9 Å². The Labute approximate surface area is 193 Å². The third-order valence-electron chi connectivity index (χ3n) is 5.20. The molecular formula is C20H18F3N3O6S2. The molecule has 0 spiro atoms. The van der Waals surface area contributed by atoms with E-state index in [1.54, 1.807) is 0 Å². The zero-order valence-electron chi connectivity index (χ0n) is 17.3. The maximum atomic E-state index is 13.4. The molecule has 0 amide bonds. The first-order valence-corrected chi connectivity index (χ1v) is 12.7. The lowest BCUT2D eigenvalue weighted by atomic mass is 10.1. The van der Waals surface area contributed by atoms with Crippen molar-refractivity contribution < 1.29 is 39.9 Å². The number of nitriles is 1. The van der Waals surface area contributed by atoms with Gasteiger partial charge < -0.3 is 5.11 Å². The lowest BCUT2D eigenvalue weighted by molar-refractivity contribution is -0.139. The van der Waals surface area contributed by atoms with Gasteiger partial charge in [-0.15, -0.1) is 0 Å². The molecule has 2 N–H and O–H groups in total. The summed E-state index contributed by atoms with van der Waals surface area (Å²) in [6.45, 7) is -0.265. The molecule has 182 valence electrons. The zero-order valence-corrected chi connectivity index (χ0v) is 18.9. The van der Waals surface area contributed by atoms with Crippen molar-refractivity contribution in [3.05, 3.63) is 59.2 Å². The molecule has 9 nitrogen and oxygen atoms in total. The largest absolute Gasteiger partial charge is 0.478 e. The van der Waals surface area contributed by atoms with Gasteiger partial charge in [-0.2, -0.15) is 22.7 Å². The van der Waals surface area contributed by atoms with Gasteiger partial charge in [0.2, 0.25) is 20.0 Å². The van der Waals surface area contributed by atoms with Crippen LogP contribution >= 0.6 is 0 Å². The molecule has 14 heteroatoms. The van der Waals surface area contributed by atoms with Gasteiger partial charge in [-0.3, -0.25) is 0 Å². The van der Waals surface area contributed by atoms with Crippen LogP contribution in [0.15, 0.2) is 52.3 Å². The highest BCUT2D eigenvalue weighted by Crippen LogP contribution is 2.35. The number of nitrogens with zero attached hydrogens (tertiary/aromatic N) is 2. The van der Waals surface area contributed by atoms with E-state index in [1.165, 1.54) is 24.3 Å². The average molecular weight is 518 g/mol. The Morgan fingerprint density at radius 1 is 1.09 bits per heavy atom. The summed E-state index contributed by atoms with van der Waals surface area (Å²) in [6.07, 6.45) is -5.05. The minimum absolute atomic E-state index is 0.0191. The standard InChI is InChI=1S/C20H18F3N3O6S2/c21-20(22,23)17-10-13(12-24)4-5-18(17)33(29,30)25-15-6-8-26(9-7-15)34(31,32)16-3-1-2-14(11-16)19(27)28/h1-5,10-11,15,25H,6-9H2,(H,27,28). The fraction of sp³-hybridized carbons (Fsp3) is 0.300. The first kappa shape index (κ1) is 25.6. The van der Waals surface area contributed by atoms with Crippen LogP contribution in [0.5, 0.6) is 0 Å². The van der Waals surface area contributed by atoms with E-state index in [4.69, 9.17) is 10.4 Å². The molecule has 1 saturated heterocycles. The second-order valence-corrected chi connectivity index (χ2v) is 11.1. The van der Waals surface area contributed by atoms with Crippen molar-refractivity contribution in [2.75, 3.05) is 13.1 Å². The molecule has 1 aliphatic heterocycles. The number of hydrogen-bond donors (Lipinski definition) is 2. The van der Waals surface area contributed by atoms with E-state index in [0.717, 1.165) is 16.4 Å². The molecule has 2 aromatic rings. The monoisotopic (exact) mass is 517 g/mol. The number of benzene rings is 2. The fourth-order valence-corrected chi connectivity index (χ4v) is 6.52. The summed E-state index contributed by atoms with van der Waals surface area (Å²) in [4.78, 5) is 9.85. The van der Waals surface area contributed by atoms with Crippen LogP contribution in [-0.4, -0.2) is 51.3 Å². The highest BCUT2D eigenvalue weighted by molar-refractivity contribution is 7.89. The topological polar surface area (TPSA) is 145 Å². The Bertz CT molecular complexity index is 1360. The van der Waals surface area contributed by atoms with E-state index in [1.807, 2.05) is 0 Å². The number of rotatable bonds is 6. The fourth-order valence-electron chi connectivity index (χ4n) is 3.49. The maximum absolute atomic E-state index is 13.4. The molecule has 0 atom stereocenters. The van der Waals surface area contributed by atoms with Gasteiger partial charge in [0.05, 0.1) is 32.6 Å². The van der Waals surface area contributed by atoms with Crippen LogP contribution in [0.25, 0.3) is 0 Å². The minimum atomic E-state index is -5.02. The molecular weight excluding hydrogens is 499 g/mol. The van der Waals surface area contributed by atoms with Crippen molar-refractivity contribution in [3.8, 4) is 6.07 Å². The van der Waals surface area contributed by atoms with Gasteiger partial charge in [0.25, 0.3) is 0 Å². The zero-order chi connectivity index (χ0) is 25.3. The summed E-state index contributed by atoms with van der Waals surface area (Å²) in [5.74, 6) is -1.30. The molecule has 1 aliphatic rings. The second-order valence-electron chi connectivity index (χ2n) is 7.45. The number of carboxylic acids is 1. The number of carboxylic acid groups (broad SMARTS) is 1. The van der Waals surface area contributed by atoms with Gasteiger partial charge in [-0.05, 0) is 49.2 Å². The van der Waals surface area contributed by atoms with Gasteiger partial charge >= 0.3 is 12.1 Å². The predicted octanol–water partition coefficient (Wildman–Crippen LogP) is 2.41. The number of piperidine rings is 1. The van der Waals surface area contributed by atoms with Crippen molar-refractivity contribution in [3.63, 3.8) is 0 Å². The lowest BCUT2D eigenvalue weighted by Gasteiger charge is -2.31. The Balaban J connectivity index is 1.76. The molecule has 34 heavy (non-hydrogen) atoms. The van der Waals surface area contributed by atoms with Gasteiger partial charge in [0, 0.05) is 19.1 Å². The van der Waals surface area contributed by atoms with E-state index in [2.05, 4.69) is 4.72 Å². The van der Waals surface area contributed by atoms with Crippen LogP contribution in [0.1, 0.15) is 34.3 Å². The highest BCUT2D eigenvalue weighted by Gasteiger charge is 2.39. The van der Waals surface area contributed by atoms with E-state index >= 15 is 0 Å². The van der Waals surface area contributed by atoms with Crippen molar-refractivity contribution in [2.24, 2.45) is 0 Å². The molecule has 0 aliphatic carbocycles. The summed E-state index contributed by atoms with van der Waals surface area (Å²) in [6, 6.07) is 7.59. The normalized spacial score (nSPS) is 16.2. The predicted molar refractivity (Wildman–Crippen MR) is 112 cm³/mol. The molecule has 0 unspecified atom stereocenters.